The Balaban J connectivity index is 2.40. The minimum Gasteiger partial charge on any atom is -0.508 e. The van der Waals surface area contributed by atoms with Gasteiger partial charge in [0.25, 0.3) is 10.0 Å². The minimum atomic E-state index is -3.85. The molecule has 2 aromatic rings. The van der Waals surface area contributed by atoms with Crippen LogP contribution >= 0.6 is 0 Å². The second-order valence-electron chi connectivity index (χ2n) is 5.49. The van der Waals surface area contributed by atoms with Gasteiger partial charge in [-0.1, -0.05) is 18.2 Å². The number of nitrogens with one attached hydrogen (secondary N) is 1. The van der Waals surface area contributed by atoms with Crippen LogP contribution in [0.4, 0.5) is 5.69 Å². The van der Waals surface area contributed by atoms with Gasteiger partial charge in [0.15, 0.2) is 0 Å². The van der Waals surface area contributed by atoms with Crippen LogP contribution in [0.2, 0.25) is 0 Å². The van der Waals surface area contributed by atoms with E-state index in [1.807, 2.05) is 0 Å². The summed E-state index contributed by atoms with van der Waals surface area (Å²) in [6.45, 7) is 2.87. The van der Waals surface area contributed by atoms with E-state index in [0.29, 0.717) is 0 Å². The number of phenolic OH excluding ortho intramolecular Hbond substituents is 1. The van der Waals surface area contributed by atoms with Gasteiger partial charge in [0.2, 0.25) is 0 Å². The molecular formula is C18H19NO6S. The van der Waals surface area contributed by atoms with Crippen molar-refractivity contribution in [2.45, 2.75) is 24.7 Å². The van der Waals surface area contributed by atoms with Gasteiger partial charge in [-0.05, 0) is 44.2 Å². The molecule has 2 rings (SSSR count). The molecular weight excluding hydrogens is 358 g/mol. The molecule has 0 spiro atoms. The first-order valence-electron chi connectivity index (χ1n) is 7.84. The van der Waals surface area contributed by atoms with Crippen molar-refractivity contribution in [3.63, 3.8) is 0 Å². The average Bonchev–Trinajstić information content (AvgIpc) is 2.58. The van der Waals surface area contributed by atoms with Crippen molar-refractivity contribution < 1.29 is 27.9 Å². The fourth-order valence-electron chi connectivity index (χ4n) is 2.40. The van der Waals surface area contributed by atoms with E-state index in [4.69, 9.17) is 4.74 Å². The zero-order valence-electron chi connectivity index (χ0n) is 14.3. The summed E-state index contributed by atoms with van der Waals surface area (Å²) in [6.07, 6.45) is 0. The first-order chi connectivity index (χ1) is 12.3. The molecule has 2 N–H and O–H groups in total. The van der Waals surface area contributed by atoms with Crippen LogP contribution in [-0.2, 0) is 24.3 Å². The molecule has 7 nitrogen and oxygen atoms in total. The predicted molar refractivity (Wildman–Crippen MR) is 95.4 cm³/mol. The van der Waals surface area contributed by atoms with E-state index in [9.17, 15) is 23.1 Å². The van der Waals surface area contributed by atoms with Crippen LogP contribution in [0.1, 0.15) is 25.3 Å². The number of carbonyl (C=O) groups excluding carboxylic acids is 2. The molecule has 2 aromatic carbocycles. The lowest BCUT2D eigenvalue weighted by Gasteiger charge is -2.16. The molecule has 1 atom stereocenters. The molecule has 0 aliphatic heterocycles. The van der Waals surface area contributed by atoms with Gasteiger partial charge in [-0.15, -0.1) is 0 Å². The summed E-state index contributed by atoms with van der Waals surface area (Å²) in [6, 6.07) is 11.5. The Bertz CT molecular complexity index is 909. The number of esters is 1. The zero-order chi connectivity index (χ0) is 19.3. The number of ketones is 1. The van der Waals surface area contributed by atoms with Gasteiger partial charge < -0.3 is 9.84 Å². The predicted octanol–water partition coefficient (Wildman–Crippen LogP) is 2.43. The Morgan fingerprint density at radius 1 is 1.15 bits per heavy atom. The van der Waals surface area contributed by atoms with Crippen LogP contribution in [0, 0.1) is 0 Å². The second kappa shape index (κ2) is 8.01. The van der Waals surface area contributed by atoms with E-state index in [1.165, 1.54) is 37.3 Å². The van der Waals surface area contributed by atoms with Crippen molar-refractivity contribution in [1.82, 2.24) is 0 Å². The molecule has 0 aliphatic rings. The summed E-state index contributed by atoms with van der Waals surface area (Å²) < 4.78 is 32.1. The van der Waals surface area contributed by atoms with Crippen LogP contribution in [0.15, 0.2) is 53.4 Å². The second-order valence-corrected chi connectivity index (χ2v) is 7.17. The van der Waals surface area contributed by atoms with Crippen LogP contribution in [0.25, 0.3) is 0 Å². The van der Waals surface area contributed by atoms with E-state index < -0.39 is 27.7 Å². The molecule has 0 aliphatic carbocycles. The Hall–Kier alpha value is -2.87. The summed E-state index contributed by atoms with van der Waals surface area (Å²) in [4.78, 5) is 24.0. The van der Waals surface area contributed by atoms with E-state index in [2.05, 4.69) is 4.72 Å². The third-order valence-electron chi connectivity index (χ3n) is 3.57. The number of sulfonamides is 1. The lowest BCUT2D eigenvalue weighted by molar-refractivity contribution is -0.147. The highest BCUT2D eigenvalue weighted by atomic mass is 32.2. The van der Waals surface area contributed by atoms with E-state index >= 15 is 0 Å². The largest absolute Gasteiger partial charge is 0.508 e. The highest BCUT2D eigenvalue weighted by molar-refractivity contribution is 7.92. The summed E-state index contributed by atoms with van der Waals surface area (Å²) in [5, 5.41) is 10.0. The van der Waals surface area contributed by atoms with Crippen LogP contribution in [-0.4, -0.2) is 31.9 Å². The van der Waals surface area contributed by atoms with Crippen molar-refractivity contribution in [1.29, 1.82) is 0 Å². The lowest BCUT2D eigenvalue weighted by atomic mass is 9.94. The smallest absolute Gasteiger partial charge is 0.321 e. The summed E-state index contributed by atoms with van der Waals surface area (Å²) in [5.41, 5.74) is 0.0846. The van der Waals surface area contributed by atoms with Crippen LogP contribution in [0.3, 0.4) is 0 Å². The first kappa shape index (κ1) is 19.5. The zero-order valence-corrected chi connectivity index (χ0v) is 15.1. The summed E-state index contributed by atoms with van der Waals surface area (Å²) in [7, 11) is -3.85. The normalized spacial score (nSPS) is 12.2. The number of carbonyl (C=O) groups is 2. The minimum absolute atomic E-state index is 0.0239. The number of anilines is 1. The number of ether oxygens (including phenoxy) is 1. The maximum absolute atomic E-state index is 12.4. The van der Waals surface area contributed by atoms with Crippen molar-refractivity contribution >= 4 is 27.5 Å². The molecule has 0 heterocycles. The Morgan fingerprint density at radius 2 is 1.81 bits per heavy atom. The Kier molecular flexibility index (Phi) is 5.99. The monoisotopic (exact) mass is 377 g/mol. The number of Topliss-reactive ketones (excluding diaryl/α,β-unsaturated/α-hetero) is 1. The maximum atomic E-state index is 12.4. The van der Waals surface area contributed by atoms with Crippen molar-refractivity contribution in [2.75, 3.05) is 11.3 Å². The number of phenols is 1. The highest BCUT2D eigenvalue weighted by Gasteiger charge is 2.30. The molecule has 26 heavy (non-hydrogen) atoms. The SMILES string of the molecule is CCOC(=O)[C@H](C(C)=O)c1cc(NS(=O)(=O)c2ccccc2)ccc1O. The standard InChI is InChI=1S/C18H19NO6S/c1-3-25-18(22)17(12(2)20)15-11-13(9-10-16(15)21)19-26(23,24)14-7-5-4-6-8-14/h4-11,17,19,21H,3H2,1-2H3/t17-/m1/s1. The fraction of sp³-hybridized carbons (Fsp3) is 0.222. The van der Waals surface area contributed by atoms with Gasteiger partial charge >= 0.3 is 5.97 Å². The maximum Gasteiger partial charge on any atom is 0.321 e. The number of hydrogen-bond acceptors (Lipinski definition) is 6. The molecule has 0 saturated heterocycles. The topological polar surface area (TPSA) is 110 Å². The van der Waals surface area contributed by atoms with E-state index in [0.717, 1.165) is 0 Å². The van der Waals surface area contributed by atoms with Gasteiger partial charge in [-0.3, -0.25) is 14.3 Å². The van der Waals surface area contributed by atoms with E-state index in [1.54, 1.807) is 25.1 Å². The summed E-state index contributed by atoms with van der Waals surface area (Å²) >= 11 is 0. The number of rotatable bonds is 7. The first-order valence-corrected chi connectivity index (χ1v) is 9.32. The molecule has 0 saturated carbocycles. The van der Waals surface area contributed by atoms with Crippen LogP contribution < -0.4 is 4.72 Å². The molecule has 0 unspecified atom stereocenters. The van der Waals surface area contributed by atoms with Crippen molar-refractivity contribution in [2.24, 2.45) is 0 Å². The Labute approximate surface area is 151 Å². The molecule has 0 aromatic heterocycles. The Morgan fingerprint density at radius 3 is 2.38 bits per heavy atom. The fourth-order valence-corrected chi connectivity index (χ4v) is 3.47. The van der Waals surface area contributed by atoms with Gasteiger partial charge in [-0.25, -0.2) is 8.42 Å². The van der Waals surface area contributed by atoms with Crippen molar-refractivity contribution in [3.05, 3.63) is 54.1 Å². The molecule has 138 valence electrons. The number of benzene rings is 2. The molecule has 0 bridgehead atoms. The third-order valence-corrected chi connectivity index (χ3v) is 4.97. The number of aromatic hydroxyl groups is 1. The van der Waals surface area contributed by atoms with Crippen LogP contribution in [0.5, 0.6) is 5.75 Å². The van der Waals surface area contributed by atoms with Gasteiger partial charge in [0, 0.05) is 11.3 Å². The van der Waals surface area contributed by atoms with Gasteiger partial charge in [-0.2, -0.15) is 0 Å². The van der Waals surface area contributed by atoms with Gasteiger partial charge in [0.05, 0.1) is 11.5 Å². The van der Waals surface area contributed by atoms with Crippen molar-refractivity contribution in [3.8, 4) is 5.75 Å². The molecule has 0 amide bonds. The molecule has 0 radical (unpaired) electrons. The lowest BCUT2D eigenvalue weighted by Crippen LogP contribution is -2.22. The molecule has 8 heteroatoms. The average molecular weight is 377 g/mol. The molecule has 0 fully saturated rings. The van der Waals surface area contributed by atoms with Gasteiger partial charge in [0.1, 0.15) is 17.5 Å². The highest BCUT2D eigenvalue weighted by Crippen LogP contribution is 2.31. The quantitative estimate of drug-likeness (QED) is 0.436. The van der Waals surface area contributed by atoms with E-state index in [-0.39, 0.29) is 28.5 Å². The summed E-state index contributed by atoms with van der Waals surface area (Å²) in [5.74, 6) is -2.97. The third kappa shape index (κ3) is 4.40. The number of hydrogen-bond donors (Lipinski definition) is 2.